The van der Waals surface area contributed by atoms with E-state index in [2.05, 4.69) is 5.32 Å². The Hall–Kier alpha value is -2.88. The number of cyclic esters (lactones) is 1. The summed E-state index contributed by atoms with van der Waals surface area (Å²) in [5.41, 5.74) is 0.630. The van der Waals surface area contributed by atoms with Gasteiger partial charge in [-0.2, -0.15) is 0 Å². The minimum absolute atomic E-state index is 0.0286. The van der Waals surface area contributed by atoms with E-state index in [9.17, 15) is 18.8 Å². The molecule has 2 aliphatic rings. The van der Waals surface area contributed by atoms with Gasteiger partial charge in [0.05, 0.1) is 37.6 Å². The predicted molar refractivity (Wildman–Crippen MR) is 98.6 cm³/mol. The van der Waals surface area contributed by atoms with Crippen molar-refractivity contribution in [2.75, 3.05) is 55.7 Å². The molecule has 2 N–H and O–H groups in total. The van der Waals surface area contributed by atoms with E-state index in [1.54, 1.807) is 11.0 Å². The van der Waals surface area contributed by atoms with Gasteiger partial charge in [-0.05, 0) is 18.2 Å². The van der Waals surface area contributed by atoms with Crippen LogP contribution in [-0.4, -0.2) is 79.9 Å². The summed E-state index contributed by atoms with van der Waals surface area (Å²) in [6.45, 7) is 2.82. The fraction of sp³-hybridized carbons (Fsp3) is 0.500. The number of aliphatic hydroxyl groups is 1. The van der Waals surface area contributed by atoms with Gasteiger partial charge in [0.25, 0.3) is 0 Å². The van der Waals surface area contributed by atoms with Gasteiger partial charge in [0.2, 0.25) is 11.8 Å². The highest BCUT2D eigenvalue weighted by Crippen LogP contribution is 2.28. The third-order valence-corrected chi connectivity index (χ3v) is 4.72. The molecular formula is C18H23FN4O5. The molecule has 1 atom stereocenters. The molecule has 0 saturated carbocycles. The Balaban J connectivity index is 1.67. The monoisotopic (exact) mass is 394 g/mol. The molecule has 10 heteroatoms. The van der Waals surface area contributed by atoms with Crippen LogP contribution in [0.15, 0.2) is 18.2 Å². The molecule has 3 amide bonds. The minimum atomic E-state index is -0.602. The molecule has 9 nitrogen and oxygen atoms in total. The summed E-state index contributed by atoms with van der Waals surface area (Å²) in [6.07, 6.45) is -1.10. The molecule has 2 heterocycles. The third-order valence-electron chi connectivity index (χ3n) is 4.72. The lowest BCUT2D eigenvalue weighted by atomic mass is 10.2. The number of hydrogen-bond donors (Lipinski definition) is 2. The second-order valence-corrected chi connectivity index (χ2v) is 6.72. The van der Waals surface area contributed by atoms with Crippen LogP contribution in [0, 0.1) is 5.82 Å². The summed E-state index contributed by atoms with van der Waals surface area (Å²) < 4.78 is 19.9. The first-order chi connectivity index (χ1) is 13.4. The molecular weight excluding hydrogens is 371 g/mol. The van der Waals surface area contributed by atoms with Crippen molar-refractivity contribution in [1.82, 2.24) is 10.2 Å². The fourth-order valence-electron chi connectivity index (χ4n) is 3.29. The Morgan fingerprint density at radius 1 is 1.36 bits per heavy atom. The number of carbonyl (C=O) groups is 3. The number of anilines is 2. The summed E-state index contributed by atoms with van der Waals surface area (Å²) in [5.74, 6) is -0.940. The molecule has 0 aliphatic carbocycles. The number of hydrogen-bond acceptors (Lipinski definition) is 6. The lowest BCUT2D eigenvalue weighted by Crippen LogP contribution is -2.51. The van der Waals surface area contributed by atoms with E-state index in [-0.39, 0.29) is 50.3 Å². The number of benzene rings is 1. The second-order valence-electron chi connectivity index (χ2n) is 6.72. The summed E-state index contributed by atoms with van der Waals surface area (Å²) in [5, 5.41) is 11.6. The second kappa shape index (κ2) is 8.42. The number of carbonyl (C=O) groups excluding carboxylic acids is 3. The van der Waals surface area contributed by atoms with Crippen LogP contribution in [0.25, 0.3) is 0 Å². The number of β-amino-alcohol motifs (C(OH)–C–C–N with tert-alkyl or cyclic N) is 1. The standard InChI is InChI=1S/C18H23FN4O5/c1-12(25)20-9-14-10-23(18(27)28-14)13-2-3-16(15(19)8-13)22-5-4-21(6-7-24)17(26)11-22/h2-3,8,14,24H,4-7,9-11H2,1H3,(H,20,25)/t14-/m0/s1. The van der Waals surface area contributed by atoms with Crippen LogP contribution in [0.4, 0.5) is 20.6 Å². The lowest BCUT2D eigenvalue weighted by Gasteiger charge is -2.35. The van der Waals surface area contributed by atoms with Gasteiger partial charge in [-0.15, -0.1) is 0 Å². The Morgan fingerprint density at radius 3 is 2.79 bits per heavy atom. The van der Waals surface area contributed by atoms with Gasteiger partial charge in [-0.25, -0.2) is 9.18 Å². The number of aliphatic hydroxyl groups excluding tert-OH is 1. The van der Waals surface area contributed by atoms with E-state index in [4.69, 9.17) is 9.84 Å². The number of nitrogens with one attached hydrogen (secondary N) is 1. The first-order valence-electron chi connectivity index (χ1n) is 9.04. The summed E-state index contributed by atoms with van der Waals surface area (Å²) in [6, 6.07) is 4.38. The maximum absolute atomic E-state index is 14.7. The van der Waals surface area contributed by atoms with E-state index < -0.39 is 18.0 Å². The van der Waals surface area contributed by atoms with Gasteiger partial charge < -0.3 is 25.0 Å². The van der Waals surface area contributed by atoms with Crippen molar-refractivity contribution in [1.29, 1.82) is 0 Å². The molecule has 2 aliphatic heterocycles. The van der Waals surface area contributed by atoms with Crippen LogP contribution >= 0.6 is 0 Å². The van der Waals surface area contributed by atoms with Crippen LogP contribution in [-0.2, 0) is 14.3 Å². The zero-order chi connectivity index (χ0) is 20.3. The highest BCUT2D eigenvalue weighted by molar-refractivity contribution is 5.90. The van der Waals surface area contributed by atoms with Crippen molar-refractivity contribution in [2.45, 2.75) is 13.0 Å². The quantitative estimate of drug-likeness (QED) is 0.700. The molecule has 2 saturated heterocycles. The van der Waals surface area contributed by atoms with Crippen molar-refractivity contribution in [2.24, 2.45) is 0 Å². The van der Waals surface area contributed by atoms with Crippen LogP contribution in [0.3, 0.4) is 0 Å². The molecule has 0 radical (unpaired) electrons. The number of nitrogens with zero attached hydrogens (tertiary/aromatic N) is 3. The Labute approximate surface area is 161 Å². The Kier molecular flexibility index (Phi) is 5.98. The van der Waals surface area contributed by atoms with Crippen molar-refractivity contribution in [3.8, 4) is 0 Å². The average molecular weight is 394 g/mol. The smallest absolute Gasteiger partial charge is 0.414 e. The first-order valence-corrected chi connectivity index (χ1v) is 9.04. The number of ether oxygens (including phenoxy) is 1. The molecule has 0 aromatic heterocycles. The maximum Gasteiger partial charge on any atom is 0.414 e. The van der Waals surface area contributed by atoms with E-state index in [0.717, 1.165) is 0 Å². The highest BCUT2D eigenvalue weighted by atomic mass is 19.1. The van der Waals surface area contributed by atoms with Crippen LogP contribution in [0.2, 0.25) is 0 Å². The molecule has 0 bridgehead atoms. The van der Waals surface area contributed by atoms with Gasteiger partial charge in [0, 0.05) is 26.6 Å². The normalized spacial score (nSPS) is 19.8. The van der Waals surface area contributed by atoms with Gasteiger partial charge in [-0.3, -0.25) is 14.5 Å². The van der Waals surface area contributed by atoms with E-state index >= 15 is 0 Å². The molecule has 0 spiro atoms. The van der Waals surface area contributed by atoms with Crippen molar-refractivity contribution in [3.05, 3.63) is 24.0 Å². The summed E-state index contributed by atoms with van der Waals surface area (Å²) in [4.78, 5) is 39.6. The Bertz CT molecular complexity index is 774. The molecule has 28 heavy (non-hydrogen) atoms. The molecule has 3 rings (SSSR count). The van der Waals surface area contributed by atoms with Gasteiger partial charge in [-0.1, -0.05) is 0 Å². The molecule has 152 valence electrons. The Morgan fingerprint density at radius 2 is 2.14 bits per heavy atom. The number of halogens is 1. The molecule has 2 fully saturated rings. The van der Waals surface area contributed by atoms with Gasteiger partial charge in [0.1, 0.15) is 11.9 Å². The zero-order valence-electron chi connectivity index (χ0n) is 15.6. The maximum atomic E-state index is 14.7. The topological polar surface area (TPSA) is 102 Å². The van der Waals surface area contributed by atoms with E-state index in [1.807, 2.05) is 0 Å². The minimum Gasteiger partial charge on any atom is -0.442 e. The number of rotatable bonds is 6. The van der Waals surface area contributed by atoms with E-state index in [0.29, 0.717) is 18.8 Å². The average Bonchev–Trinajstić information content (AvgIpc) is 3.02. The number of amides is 3. The predicted octanol–water partition coefficient (Wildman–Crippen LogP) is -0.0721. The van der Waals surface area contributed by atoms with E-state index in [1.165, 1.54) is 28.9 Å². The van der Waals surface area contributed by atoms with Crippen LogP contribution < -0.4 is 15.1 Å². The fourth-order valence-corrected chi connectivity index (χ4v) is 3.29. The first kappa shape index (κ1) is 19.9. The zero-order valence-corrected chi connectivity index (χ0v) is 15.6. The number of piperazine rings is 1. The largest absolute Gasteiger partial charge is 0.442 e. The molecule has 0 unspecified atom stereocenters. The summed E-state index contributed by atoms with van der Waals surface area (Å²) >= 11 is 0. The van der Waals surface area contributed by atoms with Crippen molar-refractivity contribution in [3.63, 3.8) is 0 Å². The molecule has 1 aromatic rings. The molecule has 1 aromatic carbocycles. The van der Waals surface area contributed by atoms with Crippen LogP contribution in [0.5, 0.6) is 0 Å². The van der Waals surface area contributed by atoms with Crippen molar-refractivity contribution >= 4 is 29.3 Å². The summed E-state index contributed by atoms with van der Waals surface area (Å²) in [7, 11) is 0. The highest BCUT2D eigenvalue weighted by Gasteiger charge is 2.33. The van der Waals surface area contributed by atoms with Crippen molar-refractivity contribution < 1.29 is 28.6 Å². The lowest BCUT2D eigenvalue weighted by molar-refractivity contribution is -0.131. The van der Waals surface area contributed by atoms with Gasteiger partial charge in [0.15, 0.2) is 0 Å². The van der Waals surface area contributed by atoms with Gasteiger partial charge >= 0.3 is 6.09 Å². The van der Waals surface area contributed by atoms with Crippen LogP contribution in [0.1, 0.15) is 6.92 Å². The SMILES string of the molecule is CC(=O)NC[C@H]1CN(c2ccc(N3CCN(CCO)C(=O)C3)c(F)c2)C(=O)O1. The third kappa shape index (κ3) is 4.33.